The van der Waals surface area contributed by atoms with E-state index in [1.54, 1.807) is 6.20 Å². The van der Waals surface area contributed by atoms with Crippen molar-refractivity contribution in [2.45, 2.75) is 31.9 Å². The average molecular weight is 342 g/mol. The molecule has 0 spiro atoms. The molecule has 24 heavy (non-hydrogen) atoms. The second kappa shape index (κ2) is 5.99. The molecule has 1 atom stereocenters. The van der Waals surface area contributed by atoms with Gasteiger partial charge in [0, 0.05) is 17.8 Å². The van der Waals surface area contributed by atoms with E-state index in [2.05, 4.69) is 15.3 Å². The highest BCUT2D eigenvalue weighted by Crippen LogP contribution is 2.37. The zero-order valence-electron chi connectivity index (χ0n) is 13.2. The summed E-state index contributed by atoms with van der Waals surface area (Å²) in [5, 5.41) is 14.7. The van der Waals surface area contributed by atoms with Crippen molar-refractivity contribution in [3.63, 3.8) is 0 Å². The number of hydrogen-bond donors (Lipinski definition) is 2. The van der Waals surface area contributed by atoms with E-state index >= 15 is 0 Å². The van der Waals surface area contributed by atoms with Gasteiger partial charge in [0.25, 0.3) is 5.91 Å². The number of amides is 1. The van der Waals surface area contributed by atoms with Gasteiger partial charge in [-0.15, -0.1) is 11.3 Å². The summed E-state index contributed by atoms with van der Waals surface area (Å²) < 4.78 is 1.82. The predicted octanol–water partition coefficient (Wildman–Crippen LogP) is 2.34. The third-order valence-corrected chi connectivity index (χ3v) is 5.32. The molecule has 1 aliphatic carbocycles. The Labute approximate surface area is 143 Å². The lowest BCUT2D eigenvalue weighted by Crippen LogP contribution is -2.42. The molecule has 0 aromatic carbocycles. The SMILES string of the molecule is Cc1nc2sccn2c1C(=O)N[C@H](c1ccccn1)C1CC(O)C1. The van der Waals surface area contributed by atoms with Crippen molar-refractivity contribution in [2.24, 2.45) is 5.92 Å². The fraction of sp³-hybridized carbons (Fsp3) is 0.353. The average Bonchev–Trinajstić information content (AvgIpc) is 3.10. The first-order valence-electron chi connectivity index (χ1n) is 7.95. The van der Waals surface area contributed by atoms with E-state index in [1.807, 2.05) is 41.1 Å². The first-order valence-corrected chi connectivity index (χ1v) is 8.83. The van der Waals surface area contributed by atoms with Crippen LogP contribution in [0.4, 0.5) is 0 Å². The van der Waals surface area contributed by atoms with E-state index in [0.29, 0.717) is 24.2 Å². The van der Waals surface area contributed by atoms with Crippen LogP contribution in [0.3, 0.4) is 0 Å². The lowest BCUT2D eigenvalue weighted by atomic mass is 9.76. The Kier molecular flexibility index (Phi) is 3.82. The number of aliphatic hydroxyl groups is 1. The molecular weight excluding hydrogens is 324 g/mol. The first kappa shape index (κ1) is 15.3. The summed E-state index contributed by atoms with van der Waals surface area (Å²) in [6, 6.07) is 5.48. The molecule has 2 N–H and O–H groups in total. The van der Waals surface area contributed by atoms with E-state index in [-0.39, 0.29) is 24.0 Å². The molecule has 7 heteroatoms. The predicted molar refractivity (Wildman–Crippen MR) is 91.0 cm³/mol. The molecule has 1 fully saturated rings. The quantitative estimate of drug-likeness (QED) is 0.763. The van der Waals surface area contributed by atoms with Gasteiger partial charge in [-0.3, -0.25) is 14.2 Å². The lowest BCUT2D eigenvalue weighted by molar-refractivity contribution is 0.0227. The van der Waals surface area contributed by atoms with E-state index in [1.165, 1.54) is 11.3 Å². The largest absolute Gasteiger partial charge is 0.393 e. The first-order chi connectivity index (χ1) is 11.6. The van der Waals surface area contributed by atoms with Crippen LogP contribution in [-0.2, 0) is 0 Å². The van der Waals surface area contributed by atoms with Crippen LogP contribution in [0, 0.1) is 12.8 Å². The number of aromatic nitrogens is 3. The minimum absolute atomic E-state index is 0.157. The molecule has 1 amide bonds. The van der Waals surface area contributed by atoms with Crippen molar-refractivity contribution < 1.29 is 9.90 Å². The summed E-state index contributed by atoms with van der Waals surface area (Å²) in [5.74, 6) is 0.0421. The Hall–Kier alpha value is -2.25. The molecule has 1 saturated carbocycles. The van der Waals surface area contributed by atoms with Gasteiger partial charge in [-0.25, -0.2) is 4.98 Å². The number of aryl methyl sites for hydroxylation is 1. The van der Waals surface area contributed by atoms with Crippen LogP contribution in [0.25, 0.3) is 4.96 Å². The van der Waals surface area contributed by atoms with Crippen molar-refractivity contribution >= 4 is 22.2 Å². The number of pyridine rings is 1. The Bertz CT molecular complexity index is 867. The maximum Gasteiger partial charge on any atom is 0.270 e. The molecule has 3 aromatic rings. The second-order valence-electron chi connectivity index (χ2n) is 6.19. The summed E-state index contributed by atoms with van der Waals surface area (Å²) in [5.41, 5.74) is 2.10. The minimum atomic E-state index is -0.279. The summed E-state index contributed by atoms with van der Waals surface area (Å²) >= 11 is 1.50. The number of carbonyl (C=O) groups excluding carboxylic acids is 1. The molecule has 1 aliphatic rings. The van der Waals surface area contributed by atoms with Crippen molar-refractivity contribution in [1.29, 1.82) is 0 Å². The summed E-state index contributed by atoms with van der Waals surface area (Å²) in [4.78, 5) is 22.5. The van der Waals surface area contributed by atoms with Gasteiger partial charge in [0.15, 0.2) is 4.96 Å². The van der Waals surface area contributed by atoms with E-state index in [4.69, 9.17) is 0 Å². The van der Waals surface area contributed by atoms with E-state index in [9.17, 15) is 9.90 Å². The topological polar surface area (TPSA) is 79.5 Å². The summed E-state index contributed by atoms with van der Waals surface area (Å²) in [6.07, 6.45) is 4.67. The number of carbonyl (C=O) groups is 1. The van der Waals surface area contributed by atoms with Gasteiger partial charge in [-0.05, 0) is 37.8 Å². The van der Waals surface area contributed by atoms with Crippen LogP contribution in [0.1, 0.15) is 40.8 Å². The van der Waals surface area contributed by atoms with Gasteiger partial charge >= 0.3 is 0 Å². The van der Waals surface area contributed by atoms with Crippen LogP contribution in [-0.4, -0.2) is 31.5 Å². The van der Waals surface area contributed by atoms with Crippen molar-refractivity contribution in [1.82, 2.24) is 19.7 Å². The number of fused-ring (bicyclic) bond motifs is 1. The number of rotatable bonds is 4. The van der Waals surface area contributed by atoms with Crippen molar-refractivity contribution in [3.8, 4) is 0 Å². The molecular formula is C17H18N4O2S. The third kappa shape index (κ3) is 2.59. The van der Waals surface area contributed by atoms with E-state index < -0.39 is 0 Å². The molecule has 0 radical (unpaired) electrons. The smallest absolute Gasteiger partial charge is 0.270 e. The Morgan fingerprint density at radius 2 is 2.29 bits per heavy atom. The molecule has 0 aliphatic heterocycles. The number of hydrogen-bond acceptors (Lipinski definition) is 5. The lowest BCUT2D eigenvalue weighted by Gasteiger charge is -2.37. The second-order valence-corrected chi connectivity index (χ2v) is 7.07. The molecule has 4 rings (SSSR count). The van der Waals surface area contributed by atoms with Gasteiger partial charge in [-0.1, -0.05) is 6.07 Å². The van der Waals surface area contributed by atoms with Crippen LogP contribution in [0.15, 0.2) is 36.0 Å². The number of nitrogens with zero attached hydrogens (tertiary/aromatic N) is 3. The molecule has 3 heterocycles. The third-order valence-electron chi connectivity index (χ3n) is 4.57. The zero-order chi connectivity index (χ0) is 16.7. The van der Waals surface area contributed by atoms with Crippen molar-refractivity contribution in [2.75, 3.05) is 0 Å². The van der Waals surface area contributed by atoms with Crippen LogP contribution in [0.5, 0.6) is 0 Å². The Morgan fingerprint density at radius 3 is 3.00 bits per heavy atom. The van der Waals surface area contributed by atoms with Gasteiger partial charge in [-0.2, -0.15) is 0 Å². The van der Waals surface area contributed by atoms with E-state index in [0.717, 1.165) is 10.7 Å². The number of imidazole rings is 1. The minimum Gasteiger partial charge on any atom is -0.393 e. The van der Waals surface area contributed by atoms with Crippen LogP contribution >= 0.6 is 11.3 Å². The number of aliphatic hydroxyl groups excluding tert-OH is 1. The fourth-order valence-electron chi connectivity index (χ4n) is 3.27. The number of thiazole rings is 1. The summed E-state index contributed by atoms with van der Waals surface area (Å²) in [6.45, 7) is 1.84. The molecule has 124 valence electrons. The monoisotopic (exact) mass is 342 g/mol. The highest BCUT2D eigenvalue weighted by atomic mass is 32.1. The Balaban J connectivity index is 1.63. The summed E-state index contributed by atoms with van der Waals surface area (Å²) in [7, 11) is 0. The maximum absolute atomic E-state index is 12.9. The van der Waals surface area contributed by atoms with Crippen LogP contribution in [0.2, 0.25) is 0 Å². The highest BCUT2D eigenvalue weighted by Gasteiger charge is 2.37. The maximum atomic E-state index is 12.9. The van der Waals surface area contributed by atoms with Gasteiger partial charge in [0.2, 0.25) is 0 Å². The standard InChI is InChI=1S/C17H18N4O2S/c1-10-15(21-6-7-24-17(21)19-10)16(23)20-14(11-8-12(22)9-11)13-4-2-3-5-18-13/h2-7,11-12,14,22H,8-9H2,1H3,(H,20,23)/t11?,12?,14-/m0/s1. The molecule has 0 bridgehead atoms. The normalized spacial score (nSPS) is 21.4. The highest BCUT2D eigenvalue weighted by molar-refractivity contribution is 7.15. The van der Waals surface area contributed by atoms with Gasteiger partial charge in [0.05, 0.1) is 23.5 Å². The fourth-order valence-corrected chi connectivity index (χ4v) is 4.03. The Morgan fingerprint density at radius 1 is 1.46 bits per heavy atom. The molecule has 6 nitrogen and oxygen atoms in total. The van der Waals surface area contributed by atoms with Gasteiger partial charge in [0.1, 0.15) is 5.69 Å². The molecule has 3 aromatic heterocycles. The number of nitrogens with one attached hydrogen (secondary N) is 1. The molecule has 0 saturated heterocycles. The van der Waals surface area contributed by atoms with Gasteiger partial charge < -0.3 is 10.4 Å². The van der Waals surface area contributed by atoms with Crippen LogP contribution < -0.4 is 5.32 Å². The molecule has 0 unspecified atom stereocenters. The van der Waals surface area contributed by atoms with Crippen molar-refractivity contribution in [3.05, 3.63) is 53.1 Å². The zero-order valence-corrected chi connectivity index (χ0v) is 14.0.